The smallest absolute Gasteiger partial charge is 0.341 e. The molecule has 0 amide bonds. The molecule has 0 radical (unpaired) electrons. The Morgan fingerprint density at radius 3 is 2.78 bits per heavy atom. The summed E-state index contributed by atoms with van der Waals surface area (Å²) < 4.78 is 31.7. The number of hydrogen-bond acceptors (Lipinski definition) is 6. The van der Waals surface area contributed by atoms with Gasteiger partial charge in [-0.1, -0.05) is 17.7 Å². The van der Waals surface area contributed by atoms with Crippen LogP contribution in [0.15, 0.2) is 41.5 Å². The van der Waals surface area contributed by atoms with Gasteiger partial charge in [0.25, 0.3) is 5.56 Å². The number of aromatic carboxylic acids is 1. The van der Waals surface area contributed by atoms with Crippen LogP contribution in [0.1, 0.15) is 16.8 Å². The topological polar surface area (TPSA) is 106 Å². The third-order valence-electron chi connectivity index (χ3n) is 8.51. The normalized spacial score (nSPS) is 19.1. The number of anilines is 2. The van der Waals surface area contributed by atoms with Gasteiger partial charge in [0.15, 0.2) is 11.6 Å². The molecule has 1 unspecified atom stereocenters. The van der Waals surface area contributed by atoms with Crippen molar-refractivity contribution in [2.24, 2.45) is 5.92 Å². The van der Waals surface area contributed by atoms with Gasteiger partial charge in [-0.15, -0.1) is 0 Å². The van der Waals surface area contributed by atoms with Crippen LogP contribution in [0, 0.1) is 17.6 Å². The molecule has 4 aromatic heterocycles. The molecule has 7 rings (SSSR count). The van der Waals surface area contributed by atoms with Crippen LogP contribution < -0.4 is 15.8 Å². The second-order valence-corrected chi connectivity index (χ2v) is 11.2. The second-order valence-electron chi connectivity index (χ2n) is 10.8. The minimum absolute atomic E-state index is 0.0951. The molecule has 6 heterocycles. The van der Waals surface area contributed by atoms with E-state index in [1.165, 1.54) is 10.6 Å². The zero-order chi connectivity index (χ0) is 28.7. The number of rotatable bonds is 4. The number of carbonyl (C=O) groups is 1. The zero-order valence-corrected chi connectivity index (χ0v) is 22.9. The van der Waals surface area contributed by atoms with Gasteiger partial charge in [-0.25, -0.2) is 18.6 Å². The minimum atomic E-state index is -1.38. The fraction of sp³-hybridized carbons (Fsp3) is 0.276. The lowest BCUT2D eigenvalue weighted by Crippen LogP contribution is -2.35. The van der Waals surface area contributed by atoms with Gasteiger partial charge in [-0.2, -0.15) is 0 Å². The highest BCUT2D eigenvalue weighted by atomic mass is 35.5. The van der Waals surface area contributed by atoms with Crippen molar-refractivity contribution in [3.63, 3.8) is 0 Å². The lowest BCUT2D eigenvalue weighted by Gasteiger charge is -2.29. The van der Waals surface area contributed by atoms with E-state index >= 15 is 4.39 Å². The van der Waals surface area contributed by atoms with Crippen molar-refractivity contribution >= 4 is 56.4 Å². The summed E-state index contributed by atoms with van der Waals surface area (Å²) >= 11 is 6.34. The van der Waals surface area contributed by atoms with Crippen molar-refractivity contribution in [3.05, 3.63) is 69.2 Å². The fourth-order valence-electron chi connectivity index (χ4n) is 6.67. The Labute approximate surface area is 237 Å². The lowest BCUT2D eigenvalue weighted by molar-refractivity contribution is 0.0694. The Balaban J connectivity index is 1.57. The monoisotopic (exact) mass is 578 g/mol. The summed E-state index contributed by atoms with van der Waals surface area (Å²) in [5.41, 5.74) is 2.21. The number of likely N-dealkylation sites (N-methyl/N-ethyl adjacent to an activating group) is 1. The number of likely N-dealkylation sites (tertiary alicyclic amines) is 1. The standard InChI is InChI=1S/C29H25ClF2N6O3/c1-33-19-8-18(31)24(32)22-23-26(37-6-5-14-10-36(2)12-21(14)37)16(9-34-27(23)35-25(19)22)13-3-4-20-17(30)7-15(29(40)41)28(39)38(20)11-13/h3-4,7-9,11,14,21,33H,5-6,10,12H2,1-2H3,(H,34,35)(H,40,41)/t14?,21-/m1/s1. The largest absolute Gasteiger partial charge is 0.477 e. The number of fused-ring (bicyclic) bond motifs is 5. The summed E-state index contributed by atoms with van der Waals surface area (Å²) in [4.78, 5) is 37.2. The van der Waals surface area contributed by atoms with E-state index in [1.54, 1.807) is 25.4 Å². The van der Waals surface area contributed by atoms with E-state index in [4.69, 9.17) is 11.6 Å². The van der Waals surface area contributed by atoms with Crippen molar-refractivity contribution in [3.8, 4) is 11.1 Å². The predicted octanol–water partition coefficient (Wildman–Crippen LogP) is 4.81. The van der Waals surface area contributed by atoms with Crippen LogP contribution in [0.2, 0.25) is 5.02 Å². The molecule has 5 aromatic rings. The summed E-state index contributed by atoms with van der Waals surface area (Å²) in [5.74, 6) is -2.93. The number of hydrogen-bond donors (Lipinski definition) is 3. The Kier molecular flexibility index (Phi) is 5.74. The number of nitrogens with zero attached hydrogens (tertiary/aromatic N) is 4. The Hall–Kier alpha value is -4.22. The van der Waals surface area contributed by atoms with E-state index < -0.39 is 28.7 Å². The van der Waals surface area contributed by atoms with Crippen LogP contribution in [0.5, 0.6) is 0 Å². The number of halogens is 3. The summed E-state index contributed by atoms with van der Waals surface area (Å²) in [6, 6.07) is 5.82. The number of pyridine rings is 3. The molecule has 0 aliphatic carbocycles. The zero-order valence-electron chi connectivity index (χ0n) is 22.1. The molecule has 2 saturated heterocycles. The molecule has 0 spiro atoms. The first-order valence-corrected chi connectivity index (χ1v) is 13.6. The third-order valence-corrected chi connectivity index (χ3v) is 8.81. The highest BCUT2D eigenvalue weighted by Crippen LogP contribution is 2.46. The molecule has 2 aliphatic rings. The maximum atomic E-state index is 15.6. The molecule has 0 saturated carbocycles. The maximum Gasteiger partial charge on any atom is 0.341 e. The van der Waals surface area contributed by atoms with E-state index in [2.05, 4.69) is 32.1 Å². The highest BCUT2D eigenvalue weighted by molar-refractivity contribution is 6.34. The lowest BCUT2D eigenvalue weighted by atomic mass is 10.00. The van der Waals surface area contributed by atoms with E-state index in [0.29, 0.717) is 57.0 Å². The average molecular weight is 579 g/mol. The fourth-order valence-corrected chi connectivity index (χ4v) is 6.93. The Bertz CT molecular complexity index is 1990. The van der Waals surface area contributed by atoms with E-state index in [9.17, 15) is 19.1 Å². The van der Waals surface area contributed by atoms with Crippen molar-refractivity contribution in [2.75, 3.05) is 43.9 Å². The number of H-pyrrole nitrogens is 1. The van der Waals surface area contributed by atoms with Gasteiger partial charge in [-0.3, -0.25) is 9.20 Å². The van der Waals surface area contributed by atoms with Gasteiger partial charge in [-0.05, 0) is 31.5 Å². The molecular formula is C29H25ClF2N6O3. The summed E-state index contributed by atoms with van der Waals surface area (Å²) in [6.07, 6.45) is 4.12. The minimum Gasteiger partial charge on any atom is -0.477 e. The molecule has 210 valence electrons. The van der Waals surface area contributed by atoms with Crippen LogP contribution in [-0.4, -0.2) is 70.1 Å². The van der Waals surface area contributed by atoms with Gasteiger partial charge in [0.05, 0.1) is 38.2 Å². The van der Waals surface area contributed by atoms with Gasteiger partial charge < -0.3 is 25.2 Å². The van der Waals surface area contributed by atoms with Gasteiger partial charge in [0, 0.05) is 62.3 Å². The van der Waals surface area contributed by atoms with Crippen LogP contribution in [0.3, 0.4) is 0 Å². The molecule has 2 atom stereocenters. The van der Waals surface area contributed by atoms with Crippen LogP contribution in [0.25, 0.3) is 38.6 Å². The first-order chi connectivity index (χ1) is 19.7. The highest BCUT2D eigenvalue weighted by Gasteiger charge is 2.42. The van der Waals surface area contributed by atoms with Crippen LogP contribution in [-0.2, 0) is 0 Å². The van der Waals surface area contributed by atoms with E-state index in [1.807, 2.05) is 0 Å². The first-order valence-electron chi connectivity index (χ1n) is 13.2. The molecular weight excluding hydrogens is 554 g/mol. The van der Waals surface area contributed by atoms with E-state index in [0.717, 1.165) is 31.6 Å². The first kappa shape index (κ1) is 25.7. The number of aromatic nitrogens is 3. The van der Waals surface area contributed by atoms with Crippen molar-refractivity contribution in [1.29, 1.82) is 0 Å². The maximum absolute atomic E-state index is 15.6. The molecule has 3 N–H and O–H groups in total. The third kappa shape index (κ3) is 3.72. The number of aromatic amines is 1. The van der Waals surface area contributed by atoms with Gasteiger partial charge in [0.1, 0.15) is 11.2 Å². The Morgan fingerprint density at radius 1 is 1.22 bits per heavy atom. The van der Waals surface area contributed by atoms with Crippen molar-refractivity contribution in [2.45, 2.75) is 12.5 Å². The van der Waals surface area contributed by atoms with Crippen molar-refractivity contribution < 1.29 is 18.7 Å². The molecule has 2 aliphatic heterocycles. The number of benzene rings is 1. The molecule has 41 heavy (non-hydrogen) atoms. The van der Waals surface area contributed by atoms with Crippen LogP contribution >= 0.6 is 11.6 Å². The SMILES string of the molecule is CNc1cc(F)c(F)c2c1[nH]c1ncc(-c3ccc4c(Cl)cc(C(=O)O)c(=O)n4c3)c(N3CCC4CN(C)C[C@H]43)c12. The number of carboxylic acid groups (broad SMARTS) is 1. The summed E-state index contributed by atoms with van der Waals surface area (Å²) in [7, 11) is 3.71. The number of carboxylic acids is 1. The predicted molar refractivity (Wildman–Crippen MR) is 154 cm³/mol. The quantitative estimate of drug-likeness (QED) is 0.281. The van der Waals surface area contributed by atoms with Crippen molar-refractivity contribution in [1.82, 2.24) is 19.3 Å². The molecule has 9 nitrogen and oxygen atoms in total. The molecule has 0 bridgehead atoms. The van der Waals surface area contributed by atoms with Gasteiger partial charge in [0.2, 0.25) is 0 Å². The van der Waals surface area contributed by atoms with E-state index in [-0.39, 0.29) is 16.5 Å². The molecule has 2 fully saturated rings. The summed E-state index contributed by atoms with van der Waals surface area (Å²) in [5, 5.41) is 13.2. The average Bonchev–Trinajstić information content (AvgIpc) is 3.64. The number of nitrogens with one attached hydrogen (secondary N) is 2. The second kappa shape index (κ2) is 9.15. The molecule has 12 heteroatoms. The Morgan fingerprint density at radius 2 is 2.02 bits per heavy atom. The van der Waals surface area contributed by atoms with Crippen LogP contribution in [0.4, 0.5) is 20.2 Å². The summed E-state index contributed by atoms with van der Waals surface area (Å²) in [6.45, 7) is 2.46. The molecule has 1 aromatic carbocycles. The van der Waals surface area contributed by atoms with Gasteiger partial charge >= 0.3 is 5.97 Å².